The monoisotopic (exact) mass is 314 g/mol. The summed E-state index contributed by atoms with van der Waals surface area (Å²) in [5.74, 6) is 0. The molecule has 6 heteroatoms. The number of rotatable bonds is 10. The predicted molar refractivity (Wildman–Crippen MR) is 86.5 cm³/mol. The lowest BCUT2D eigenvalue weighted by Crippen LogP contribution is -2.41. The van der Waals surface area contributed by atoms with E-state index in [4.69, 9.17) is 17.7 Å². The number of benzene rings is 1. The molecule has 0 aliphatic carbocycles. The first-order valence-electron chi connectivity index (χ1n) is 7.32. The summed E-state index contributed by atoms with van der Waals surface area (Å²) in [6.07, 6.45) is 0. The third-order valence-corrected chi connectivity index (χ3v) is 7.16. The summed E-state index contributed by atoms with van der Waals surface area (Å²) in [5, 5.41) is 2.33. The van der Waals surface area contributed by atoms with Gasteiger partial charge in [0.1, 0.15) is 0 Å². The van der Waals surface area contributed by atoms with E-state index in [1.54, 1.807) is 0 Å². The molecule has 0 aromatic heterocycles. The van der Waals surface area contributed by atoms with Gasteiger partial charge in [-0.25, -0.2) is 0 Å². The summed E-state index contributed by atoms with van der Waals surface area (Å²) in [4.78, 5) is 0. The molecule has 1 aromatic carbocycles. The molecule has 0 saturated carbocycles. The standard InChI is InChI=1S/C14H26O4Si2/c1-5-15-19(16-6-2)13-9-11-14(12-10-13)20(17-7-3)18-8-4/h9-12,19-20H,5-8H2,1-4H3. The molecule has 0 aliphatic rings. The van der Waals surface area contributed by atoms with Gasteiger partial charge in [-0.05, 0) is 38.1 Å². The van der Waals surface area contributed by atoms with Gasteiger partial charge in [0.25, 0.3) is 0 Å². The van der Waals surface area contributed by atoms with E-state index in [1.807, 2.05) is 27.7 Å². The molecule has 1 rings (SSSR count). The first-order chi connectivity index (χ1) is 9.76. The molecule has 0 N–H and O–H groups in total. The zero-order chi connectivity index (χ0) is 14.8. The summed E-state index contributed by atoms with van der Waals surface area (Å²) >= 11 is 0. The van der Waals surface area contributed by atoms with Crippen LogP contribution in [-0.2, 0) is 17.7 Å². The summed E-state index contributed by atoms with van der Waals surface area (Å²) in [7, 11) is -3.49. The van der Waals surface area contributed by atoms with Crippen molar-refractivity contribution in [2.45, 2.75) is 27.7 Å². The van der Waals surface area contributed by atoms with Crippen molar-refractivity contribution in [1.29, 1.82) is 0 Å². The van der Waals surface area contributed by atoms with Crippen molar-refractivity contribution in [3.63, 3.8) is 0 Å². The van der Waals surface area contributed by atoms with Gasteiger partial charge in [0.15, 0.2) is 0 Å². The van der Waals surface area contributed by atoms with Gasteiger partial charge in [0, 0.05) is 26.4 Å². The molecule has 0 unspecified atom stereocenters. The third-order valence-electron chi connectivity index (χ3n) is 2.75. The van der Waals surface area contributed by atoms with E-state index in [9.17, 15) is 0 Å². The van der Waals surface area contributed by atoms with Gasteiger partial charge in [-0.15, -0.1) is 0 Å². The minimum absolute atomic E-state index is 0.688. The largest absolute Gasteiger partial charge is 0.394 e. The predicted octanol–water partition coefficient (Wildman–Crippen LogP) is 0.688. The fraction of sp³-hybridized carbons (Fsp3) is 0.571. The van der Waals surface area contributed by atoms with Crippen LogP contribution in [0.4, 0.5) is 0 Å². The van der Waals surface area contributed by atoms with Crippen LogP contribution in [0.3, 0.4) is 0 Å². The lowest BCUT2D eigenvalue weighted by molar-refractivity contribution is 0.224. The molecule has 4 nitrogen and oxygen atoms in total. The highest BCUT2D eigenvalue weighted by atomic mass is 28.3. The van der Waals surface area contributed by atoms with Crippen LogP contribution < -0.4 is 10.4 Å². The Kier molecular flexibility index (Phi) is 9.00. The molecule has 0 spiro atoms. The van der Waals surface area contributed by atoms with Crippen LogP contribution in [0.2, 0.25) is 0 Å². The van der Waals surface area contributed by atoms with E-state index in [-0.39, 0.29) is 0 Å². The number of hydrogen-bond donors (Lipinski definition) is 0. The van der Waals surface area contributed by atoms with Crippen LogP contribution >= 0.6 is 0 Å². The molecule has 0 amide bonds. The molecule has 0 heterocycles. The summed E-state index contributed by atoms with van der Waals surface area (Å²) in [5.41, 5.74) is 0. The summed E-state index contributed by atoms with van der Waals surface area (Å²) in [6, 6.07) is 8.37. The van der Waals surface area contributed by atoms with E-state index >= 15 is 0 Å². The highest BCUT2D eigenvalue weighted by Crippen LogP contribution is 1.96. The average Bonchev–Trinajstić information content (AvgIpc) is 2.47. The van der Waals surface area contributed by atoms with Crippen LogP contribution in [0.5, 0.6) is 0 Å². The Balaban J connectivity index is 2.79. The first kappa shape index (κ1) is 17.5. The van der Waals surface area contributed by atoms with Crippen molar-refractivity contribution in [2.75, 3.05) is 26.4 Å². The van der Waals surface area contributed by atoms with Crippen molar-refractivity contribution in [2.24, 2.45) is 0 Å². The van der Waals surface area contributed by atoms with Crippen LogP contribution in [0.25, 0.3) is 0 Å². The maximum Gasteiger partial charge on any atom is 0.355 e. The minimum Gasteiger partial charge on any atom is -0.394 e. The Morgan fingerprint density at radius 1 is 0.600 bits per heavy atom. The third kappa shape index (κ3) is 5.47. The summed E-state index contributed by atoms with van der Waals surface area (Å²) < 4.78 is 22.9. The highest BCUT2D eigenvalue weighted by molar-refractivity contribution is 6.63. The first-order valence-corrected chi connectivity index (χ1v) is 10.4. The maximum absolute atomic E-state index is 5.73. The molecule has 0 aliphatic heterocycles. The van der Waals surface area contributed by atoms with Gasteiger partial charge >= 0.3 is 18.6 Å². The molecule has 20 heavy (non-hydrogen) atoms. The normalized spacial score (nSPS) is 11.5. The fourth-order valence-corrected chi connectivity index (χ4v) is 5.08. The van der Waals surface area contributed by atoms with Crippen molar-refractivity contribution >= 4 is 28.9 Å². The van der Waals surface area contributed by atoms with E-state index in [0.29, 0.717) is 26.4 Å². The molecular weight excluding hydrogens is 288 g/mol. The van der Waals surface area contributed by atoms with Gasteiger partial charge in [0.05, 0.1) is 0 Å². The van der Waals surface area contributed by atoms with E-state index in [2.05, 4.69) is 24.3 Å². The molecule has 114 valence electrons. The molecule has 1 aromatic rings. The Morgan fingerprint density at radius 3 is 1.05 bits per heavy atom. The molecule has 0 saturated heterocycles. The second kappa shape index (κ2) is 10.3. The van der Waals surface area contributed by atoms with Gasteiger partial charge in [-0.3, -0.25) is 0 Å². The SMILES string of the molecule is CCO[SiH](OCC)c1ccc([SiH](OCC)OCC)cc1. The molecule has 0 atom stereocenters. The highest BCUT2D eigenvalue weighted by Gasteiger charge is 2.19. The van der Waals surface area contributed by atoms with Crippen LogP contribution in [0, 0.1) is 0 Å². The molecule has 0 bridgehead atoms. The Labute approximate surface area is 125 Å². The van der Waals surface area contributed by atoms with E-state index in [1.165, 1.54) is 0 Å². The average molecular weight is 315 g/mol. The second-order valence-electron chi connectivity index (χ2n) is 4.15. The van der Waals surface area contributed by atoms with Gasteiger partial charge in [-0.1, -0.05) is 24.3 Å². The molecule has 0 fully saturated rings. The zero-order valence-corrected chi connectivity index (χ0v) is 15.2. The Morgan fingerprint density at radius 2 is 0.850 bits per heavy atom. The maximum atomic E-state index is 5.73. The van der Waals surface area contributed by atoms with Crippen LogP contribution in [0.15, 0.2) is 24.3 Å². The Hall–Kier alpha value is -0.506. The van der Waals surface area contributed by atoms with Crippen molar-refractivity contribution in [3.8, 4) is 0 Å². The van der Waals surface area contributed by atoms with E-state index in [0.717, 1.165) is 10.4 Å². The lowest BCUT2D eigenvalue weighted by atomic mass is 10.4. The second-order valence-corrected chi connectivity index (χ2v) is 8.15. The quantitative estimate of drug-likeness (QED) is 0.596. The van der Waals surface area contributed by atoms with Crippen molar-refractivity contribution < 1.29 is 17.7 Å². The van der Waals surface area contributed by atoms with Crippen LogP contribution in [-0.4, -0.2) is 45.0 Å². The van der Waals surface area contributed by atoms with Gasteiger partial charge in [-0.2, -0.15) is 0 Å². The topological polar surface area (TPSA) is 36.9 Å². The summed E-state index contributed by atoms with van der Waals surface area (Å²) in [6.45, 7) is 10.8. The molecule has 0 radical (unpaired) electrons. The van der Waals surface area contributed by atoms with E-state index < -0.39 is 18.6 Å². The number of hydrogen-bond acceptors (Lipinski definition) is 4. The minimum atomic E-state index is -1.74. The Bertz CT molecular complexity index is 312. The smallest absolute Gasteiger partial charge is 0.355 e. The molecular formula is C14H26O4Si2. The fourth-order valence-electron chi connectivity index (χ4n) is 1.90. The van der Waals surface area contributed by atoms with Crippen LogP contribution in [0.1, 0.15) is 27.7 Å². The van der Waals surface area contributed by atoms with Crippen molar-refractivity contribution in [3.05, 3.63) is 24.3 Å². The van der Waals surface area contributed by atoms with Gasteiger partial charge in [0.2, 0.25) is 0 Å². The zero-order valence-electron chi connectivity index (χ0n) is 12.9. The lowest BCUT2D eigenvalue weighted by Gasteiger charge is -2.17. The van der Waals surface area contributed by atoms with Crippen molar-refractivity contribution in [1.82, 2.24) is 0 Å². The van der Waals surface area contributed by atoms with Gasteiger partial charge < -0.3 is 17.7 Å².